The third-order valence-corrected chi connectivity index (χ3v) is 3.94. The molecule has 0 atom stereocenters. The van der Waals surface area contributed by atoms with Gasteiger partial charge in [0.2, 0.25) is 5.91 Å². The van der Waals surface area contributed by atoms with E-state index >= 15 is 0 Å². The summed E-state index contributed by atoms with van der Waals surface area (Å²) in [5.41, 5.74) is 0.905. The predicted molar refractivity (Wildman–Crippen MR) is 86.1 cm³/mol. The highest BCUT2D eigenvalue weighted by atomic mass is 35.5. The predicted octanol–water partition coefficient (Wildman–Crippen LogP) is 2.47. The maximum absolute atomic E-state index is 11.6. The Kier molecular flexibility index (Phi) is 7.71. The Labute approximate surface area is 131 Å². The normalized spacial score (nSPS) is 10.1. The lowest BCUT2D eigenvalue weighted by Gasteiger charge is -2.03. The topological polar surface area (TPSA) is 63.2 Å². The summed E-state index contributed by atoms with van der Waals surface area (Å²) in [7, 11) is 1.63. The molecular formula is C12H16ClN3O2S2. The van der Waals surface area contributed by atoms with Crippen LogP contribution in [0.15, 0.2) is 22.9 Å². The molecule has 0 aliphatic carbocycles. The molecule has 2 heterocycles. The summed E-state index contributed by atoms with van der Waals surface area (Å²) in [4.78, 5) is 17.1. The Hall–Kier alpha value is -0.990. The van der Waals surface area contributed by atoms with Gasteiger partial charge in [-0.2, -0.15) is 0 Å². The van der Waals surface area contributed by atoms with Crippen molar-refractivity contribution in [2.75, 3.05) is 32.1 Å². The molecule has 2 rings (SSSR count). The molecule has 0 aromatic carbocycles. The van der Waals surface area contributed by atoms with Gasteiger partial charge in [0.05, 0.1) is 23.7 Å². The maximum Gasteiger partial charge on any atom is 0.240 e. The van der Waals surface area contributed by atoms with E-state index in [1.54, 1.807) is 18.4 Å². The average Bonchev–Trinajstić information content (AvgIpc) is 3.04. The van der Waals surface area contributed by atoms with Gasteiger partial charge in [0.25, 0.3) is 0 Å². The summed E-state index contributed by atoms with van der Waals surface area (Å²) < 4.78 is 4.88. The molecule has 5 nitrogen and oxygen atoms in total. The second kappa shape index (κ2) is 9.04. The van der Waals surface area contributed by atoms with E-state index in [0.717, 1.165) is 10.6 Å². The molecule has 0 fully saturated rings. The largest absolute Gasteiger partial charge is 0.383 e. The molecule has 0 saturated carbocycles. The van der Waals surface area contributed by atoms with Crippen molar-refractivity contribution in [3.63, 3.8) is 0 Å². The van der Waals surface area contributed by atoms with E-state index in [1.165, 1.54) is 11.3 Å². The number of halogens is 1. The quantitative estimate of drug-likeness (QED) is 0.764. The Balaban J connectivity index is 0.00000200. The lowest BCUT2D eigenvalue weighted by molar-refractivity contribution is -0.115. The standard InChI is InChI=1S/C12H15N3O2S2.ClH/c1-17-5-4-13-7-11(16)15-12-14-9(8-19-12)10-3-2-6-18-10;/h2-3,6,8,13H,4-5,7H2,1H3,(H,14,15,16);1H. The molecule has 110 valence electrons. The minimum absolute atomic E-state index is 0. The zero-order valence-corrected chi connectivity index (χ0v) is 13.4. The average molecular weight is 334 g/mol. The minimum atomic E-state index is -0.0943. The summed E-state index contributed by atoms with van der Waals surface area (Å²) in [6.07, 6.45) is 0. The Bertz CT molecular complexity index is 517. The number of hydrogen-bond donors (Lipinski definition) is 2. The summed E-state index contributed by atoms with van der Waals surface area (Å²) in [5.74, 6) is -0.0943. The molecule has 0 spiro atoms. The van der Waals surface area contributed by atoms with Crippen LogP contribution in [0.25, 0.3) is 10.6 Å². The number of amides is 1. The van der Waals surface area contributed by atoms with Gasteiger partial charge in [-0.15, -0.1) is 35.1 Å². The zero-order valence-electron chi connectivity index (χ0n) is 10.9. The summed E-state index contributed by atoms with van der Waals surface area (Å²) in [6.45, 7) is 1.51. The molecule has 0 saturated heterocycles. The molecule has 2 aromatic rings. The van der Waals surface area contributed by atoms with Crippen molar-refractivity contribution < 1.29 is 9.53 Å². The Morgan fingerprint density at radius 3 is 3.00 bits per heavy atom. The smallest absolute Gasteiger partial charge is 0.240 e. The van der Waals surface area contributed by atoms with Crippen LogP contribution in [-0.2, 0) is 9.53 Å². The van der Waals surface area contributed by atoms with Gasteiger partial charge >= 0.3 is 0 Å². The van der Waals surface area contributed by atoms with E-state index in [1.807, 2.05) is 22.9 Å². The van der Waals surface area contributed by atoms with Gasteiger partial charge in [-0.1, -0.05) is 6.07 Å². The lowest BCUT2D eigenvalue weighted by Crippen LogP contribution is -2.30. The van der Waals surface area contributed by atoms with E-state index in [2.05, 4.69) is 15.6 Å². The second-order valence-electron chi connectivity index (χ2n) is 3.73. The van der Waals surface area contributed by atoms with Gasteiger partial charge in [-0.3, -0.25) is 4.79 Å². The van der Waals surface area contributed by atoms with Crippen molar-refractivity contribution in [2.24, 2.45) is 0 Å². The number of methoxy groups -OCH3 is 1. The highest BCUT2D eigenvalue weighted by Gasteiger charge is 2.08. The zero-order chi connectivity index (χ0) is 13.5. The fraction of sp³-hybridized carbons (Fsp3) is 0.333. The van der Waals surface area contributed by atoms with Crippen molar-refractivity contribution in [1.29, 1.82) is 0 Å². The first kappa shape index (κ1) is 17.1. The number of ether oxygens (including phenoxy) is 1. The minimum Gasteiger partial charge on any atom is -0.383 e. The number of hydrogen-bond acceptors (Lipinski definition) is 6. The molecule has 0 bridgehead atoms. The Morgan fingerprint density at radius 1 is 1.45 bits per heavy atom. The number of thiazole rings is 1. The highest BCUT2D eigenvalue weighted by molar-refractivity contribution is 7.16. The molecule has 0 radical (unpaired) electrons. The molecule has 1 amide bonds. The van der Waals surface area contributed by atoms with Crippen molar-refractivity contribution in [3.8, 4) is 10.6 Å². The number of carbonyl (C=O) groups excluding carboxylic acids is 1. The van der Waals surface area contributed by atoms with Gasteiger partial charge in [0, 0.05) is 19.0 Å². The third-order valence-electron chi connectivity index (χ3n) is 2.29. The fourth-order valence-corrected chi connectivity index (χ4v) is 2.90. The van der Waals surface area contributed by atoms with Crippen LogP contribution in [-0.4, -0.2) is 37.7 Å². The van der Waals surface area contributed by atoms with Crippen LogP contribution in [0.5, 0.6) is 0 Å². The van der Waals surface area contributed by atoms with E-state index in [-0.39, 0.29) is 24.9 Å². The van der Waals surface area contributed by atoms with Gasteiger partial charge in [-0.25, -0.2) is 4.98 Å². The van der Waals surface area contributed by atoms with Crippen LogP contribution in [0.4, 0.5) is 5.13 Å². The number of nitrogens with one attached hydrogen (secondary N) is 2. The Morgan fingerprint density at radius 2 is 2.30 bits per heavy atom. The summed E-state index contributed by atoms with van der Waals surface area (Å²) >= 11 is 3.06. The summed E-state index contributed by atoms with van der Waals surface area (Å²) in [5, 5.41) is 10.3. The van der Waals surface area contributed by atoms with E-state index in [9.17, 15) is 4.79 Å². The fourth-order valence-electron chi connectivity index (χ4n) is 1.41. The van der Waals surface area contributed by atoms with E-state index in [0.29, 0.717) is 18.3 Å². The first-order valence-corrected chi connectivity index (χ1v) is 7.54. The SMILES string of the molecule is COCCNCC(=O)Nc1nc(-c2cccs2)cs1.Cl. The molecule has 20 heavy (non-hydrogen) atoms. The van der Waals surface area contributed by atoms with Gasteiger partial charge in [0.15, 0.2) is 5.13 Å². The number of thiophene rings is 1. The number of carbonyl (C=O) groups is 1. The van der Waals surface area contributed by atoms with Crippen LogP contribution in [0.1, 0.15) is 0 Å². The molecule has 0 aliphatic rings. The van der Waals surface area contributed by atoms with Crippen LogP contribution in [0.2, 0.25) is 0 Å². The first-order chi connectivity index (χ1) is 9.29. The van der Waals surface area contributed by atoms with Crippen LogP contribution in [0, 0.1) is 0 Å². The van der Waals surface area contributed by atoms with E-state index in [4.69, 9.17) is 4.74 Å². The van der Waals surface area contributed by atoms with Crippen molar-refractivity contribution in [3.05, 3.63) is 22.9 Å². The number of rotatable bonds is 7. The van der Waals surface area contributed by atoms with Crippen molar-refractivity contribution >= 4 is 46.1 Å². The van der Waals surface area contributed by atoms with Crippen molar-refractivity contribution in [1.82, 2.24) is 10.3 Å². The monoisotopic (exact) mass is 333 g/mol. The van der Waals surface area contributed by atoms with Crippen LogP contribution in [0.3, 0.4) is 0 Å². The lowest BCUT2D eigenvalue weighted by atomic mass is 10.4. The number of nitrogens with zero attached hydrogens (tertiary/aromatic N) is 1. The third kappa shape index (κ3) is 5.18. The van der Waals surface area contributed by atoms with Crippen molar-refractivity contribution in [2.45, 2.75) is 0 Å². The number of anilines is 1. The maximum atomic E-state index is 11.6. The van der Waals surface area contributed by atoms with Gasteiger partial charge in [0.1, 0.15) is 0 Å². The van der Waals surface area contributed by atoms with E-state index < -0.39 is 0 Å². The van der Waals surface area contributed by atoms with Gasteiger partial charge in [-0.05, 0) is 11.4 Å². The molecule has 0 aliphatic heterocycles. The van der Waals surface area contributed by atoms with Gasteiger partial charge < -0.3 is 15.4 Å². The molecule has 8 heteroatoms. The highest BCUT2D eigenvalue weighted by Crippen LogP contribution is 2.28. The number of aromatic nitrogens is 1. The second-order valence-corrected chi connectivity index (χ2v) is 5.54. The van der Waals surface area contributed by atoms with Crippen LogP contribution >= 0.6 is 35.1 Å². The van der Waals surface area contributed by atoms with Crippen LogP contribution < -0.4 is 10.6 Å². The molecule has 2 N–H and O–H groups in total. The molecule has 0 unspecified atom stereocenters. The first-order valence-electron chi connectivity index (χ1n) is 5.78. The molecule has 2 aromatic heterocycles. The molecular weight excluding hydrogens is 318 g/mol. The summed E-state index contributed by atoms with van der Waals surface area (Å²) in [6, 6.07) is 3.99.